The van der Waals surface area contributed by atoms with E-state index in [2.05, 4.69) is 24.1 Å². The molecule has 0 radical (unpaired) electrons. The molecule has 1 aromatic rings. The molecule has 0 fully saturated rings. The Morgan fingerprint density at radius 2 is 2.05 bits per heavy atom. The topological polar surface area (TPSA) is 41.3 Å². The first kappa shape index (κ1) is 15.9. The van der Waals surface area contributed by atoms with E-state index in [-0.39, 0.29) is 16.8 Å². The van der Waals surface area contributed by atoms with Crippen LogP contribution in [-0.4, -0.2) is 36.6 Å². The highest BCUT2D eigenvalue weighted by Gasteiger charge is 2.16. The highest BCUT2D eigenvalue weighted by molar-refractivity contribution is 7.80. The van der Waals surface area contributed by atoms with Crippen LogP contribution in [-0.2, 0) is 0 Å². The van der Waals surface area contributed by atoms with Crippen LogP contribution in [0.2, 0.25) is 0 Å². The minimum Gasteiger partial charge on any atom is -0.389 e. The molecule has 0 spiro atoms. The summed E-state index contributed by atoms with van der Waals surface area (Å²) in [4.78, 5) is 2.29. The van der Waals surface area contributed by atoms with Gasteiger partial charge in [-0.2, -0.15) is 0 Å². The number of hydrogen-bond acceptors (Lipinski definition) is 3. The SMILES string of the molecule is CC(C)C(CN(C)C)Nc1ccc(C(N)=S)cc1F. The first-order valence-electron chi connectivity index (χ1n) is 6.32. The second kappa shape index (κ2) is 6.82. The Hall–Kier alpha value is -1.20. The van der Waals surface area contributed by atoms with Crippen molar-refractivity contribution in [1.82, 2.24) is 4.90 Å². The molecule has 0 aliphatic rings. The lowest BCUT2D eigenvalue weighted by atomic mass is 10.0. The average Bonchev–Trinajstić information content (AvgIpc) is 2.29. The van der Waals surface area contributed by atoms with Crippen LogP contribution in [0.4, 0.5) is 10.1 Å². The molecule has 3 N–H and O–H groups in total. The minimum absolute atomic E-state index is 0.181. The zero-order valence-electron chi connectivity index (χ0n) is 11.9. The molecule has 1 aromatic carbocycles. The molecule has 1 rings (SSSR count). The fourth-order valence-electron chi connectivity index (χ4n) is 1.80. The molecule has 0 heterocycles. The van der Waals surface area contributed by atoms with E-state index in [1.54, 1.807) is 12.1 Å². The second-order valence-corrected chi connectivity index (χ2v) is 5.76. The Bertz CT molecular complexity index is 446. The summed E-state index contributed by atoms with van der Waals surface area (Å²) in [6.45, 7) is 5.07. The summed E-state index contributed by atoms with van der Waals surface area (Å²) in [7, 11) is 4.01. The van der Waals surface area contributed by atoms with Gasteiger partial charge in [-0.15, -0.1) is 0 Å². The van der Waals surface area contributed by atoms with Crippen LogP contribution in [0.25, 0.3) is 0 Å². The summed E-state index contributed by atoms with van der Waals surface area (Å²) >= 11 is 4.84. The van der Waals surface area contributed by atoms with E-state index in [4.69, 9.17) is 18.0 Å². The third-order valence-corrected chi connectivity index (χ3v) is 3.20. The monoisotopic (exact) mass is 283 g/mol. The first-order chi connectivity index (χ1) is 8.81. The van der Waals surface area contributed by atoms with Crippen molar-refractivity contribution in [1.29, 1.82) is 0 Å². The lowest BCUT2D eigenvalue weighted by Crippen LogP contribution is -2.36. The molecule has 19 heavy (non-hydrogen) atoms. The number of likely N-dealkylation sites (N-methyl/N-ethyl adjacent to an activating group) is 1. The molecule has 0 aromatic heterocycles. The Kier molecular flexibility index (Phi) is 5.69. The zero-order valence-corrected chi connectivity index (χ0v) is 12.7. The Morgan fingerprint density at radius 3 is 2.47 bits per heavy atom. The number of nitrogens with two attached hydrogens (primary N) is 1. The molecule has 1 atom stereocenters. The van der Waals surface area contributed by atoms with Crippen molar-refractivity contribution in [3.8, 4) is 0 Å². The second-order valence-electron chi connectivity index (χ2n) is 5.32. The lowest BCUT2D eigenvalue weighted by Gasteiger charge is -2.27. The van der Waals surface area contributed by atoms with Gasteiger partial charge in [0.05, 0.1) is 5.69 Å². The summed E-state index contributed by atoms with van der Waals surface area (Å²) in [5, 5.41) is 3.24. The van der Waals surface area contributed by atoms with Gasteiger partial charge < -0.3 is 16.0 Å². The summed E-state index contributed by atoms with van der Waals surface area (Å²) in [6.07, 6.45) is 0. The first-order valence-corrected chi connectivity index (χ1v) is 6.72. The van der Waals surface area contributed by atoms with E-state index in [1.807, 2.05) is 14.1 Å². The van der Waals surface area contributed by atoms with Gasteiger partial charge in [-0.3, -0.25) is 0 Å². The predicted molar refractivity (Wildman–Crippen MR) is 83.1 cm³/mol. The average molecular weight is 283 g/mol. The molecule has 0 saturated heterocycles. The highest BCUT2D eigenvalue weighted by atomic mass is 32.1. The smallest absolute Gasteiger partial charge is 0.146 e. The van der Waals surface area contributed by atoms with Gasteiger partial charge in [0.1, 0.15) is 10.8 Å². The number of anilines is 1. The van der Waals surface area contributed by atoms with E-state index < -0.39 is 0 Å². The maximum atomic E-state index is 14.0. The fourth-order valence-corrected chi connectivity index (χ4v) is 1.93. The fraction of sp³-hybridized carbons (Fsp3) is 0.500. The minimum atomic E-state index is -0.324. The largest absolute Gasteiger partial charge is 0.389 e. The van der Waals surface area contributed by atoms with Crippen LogP contribution in [0.3, 0.4) is 0 Å². The molecule has 0 aliphatic heterocycles. The zero-order chi connectivity index (χ0) is 14.6. The molecule has 0 amide bonds. The van der Waals surface area contributed by atoms with Gasteiger partial charge in [-0.1, -0.05) is 26.1 Å². The summed E-state index contributed by atoms with van der Waals surface area (Å²) in [5.41, 5.74) is 6.52. The maximum Gasteiger partial charge on any atom is 0.146 e. The molecule has 0 saturated carbocycles. The molecule has 106 valence electrons. The van der Waals surface area contributed by atoms with Gasteiger partial charge in [-0.05, 0) is 38.2 Å². The van der Waals surface area contributed by atoms with Gasteiger partial charge in [0, 0.05) is 18.2 Å². The van der Waals surface area contributed by atoms with Crippen molar-refractivity contribution in [2.75, 3.05) is 26.0 Å². The lowest BCUT2D eigenvalue weighted by molar-refractivity contribution is 0.344. The highest BCUT2D eigenvalue weighted by Crippen LogP contribution is 2.19. The maximum absolute atomic E-state index is 14.0. The quantitative estimate of drug-likeness (QED) is 0.787. The van der Waals surface area contributed by atoms with Crippen LogP contribution < -0.4 is 11.1 Å². The number of benzene rings is 1. The van der Waals surface area contributed by atoms with Gasteiger partial charge >= 0.3 is 0 Å². The van der Waals surface area contributed by atoms with Crippen LogP contribution >= 0.6 is 12.2 Å². The number of halogens is 1. The Labute approximate surface area is 120 Å². The molecule has 0 aliphatic carbocycles. The summed E-state index contributed by atoms with van der Waals surface area (Å²) in [6, 6.07) is 4.98. The number of thiocarbonyl (C=S) groups is 1. The number of nitrogens with zero attached hydrogens (tertiary/aromatic N) is 1. The van der Waals surface area contributed by atoms with Crippen LogP contribution in [0.15, 0.2) is 18.2 Å². The van der Waals surface area contributed by atoms with E-state index in [0.29, 0.717) is 17.2 Å². The Balaban J connectivity index is 2.88. The van der Waals surface area contributed by atoms with Gasteiger partial charge in [0.2, 0.25) is 0 Å². The molecule has 0 bridgehead atoms. The number of hydrogen-bond donors (Lipinski definition) is 2. The Morgan fingerprint density at radius 1 is 1.42 bits per heavy atom. The van der Waals surface area contributed by atoms with Crippen LogP contribution in [0.5, 0.6) is 0 Å². The van der Waals surface area contributed by atoms with E-state index in [0.717, 1.165) is 6.54 Å². The van der Waals surface area contributed by atoms with Crippen molar-refractivity contribution in [2.45, 2.75) is 19.9 Å². The summed E-state index contributed by atoms with van der Waals surface area (Å²) < 4.78 is 14.0. The molecule has 3 nitrogen and oxygen atoms in total. The van der Waals surface area contributed by atoms with Crippen LogP contribution in [0.1, 0.15) is 19.4 Å². The molecular weight excluding hydrogens is 261 g/mol. The predicted octanol–water partition coefficient (Wildman–Crippen LogP) is 2.46. The molecule has 5 heteroatoms. The van der Waals surface area contributed by atoms with Crippen molar-refractivity contribution in [3.05, 3.63) is 29.6 Å². The third-order valence-electron chi connectivity index (χ3n) is 2.96. The molecule has 1 unspecified atom stereocenters. The number of rotatable bonds is 6. The van der Waals surface area contributed by atoms with E-state index in [9.17, 15) is 4.39 Å². The number of nitrogens with one attached hydrogen (secondary N) is 1. The van der Waals surface area contributed by atoms with Gasteiger partial charge in [-0.25, -0.2) is 4.39 Å². The summed E-state index contributed by atoms with van der Waals surface area (Å²) in [5.74, 6) is 0.0757. The third kappa shape index (κ3) is 4.76. The van der Waals surface area contributed by atoms with Crippen molar-refractivity contribution in [3.63, 3.8) is 0 Å². The van der Waals surface area contributed by atoms with Gasteiger partial charge in [0.15, 0.2) is 0 Å². The van der Waals surface area contributed by atoms with Crippen molar-refractivity contribution < 1.29 is 4.39 Å². The molecular formula is C14H22FN3S. The van der Waals surface area contributed by atoms with Crippen molar-refractivity contribution in [2.24, 2.45) is 11.7 Å². The van der Waals surface area contributed by atoms with Gasteiger partial charge in [0.25, 0.3) is 0 Å². The van der Waals surface area contributed by atoms with Crippen LogP contribution in [0, 0.1) is 11.7 Å². The van der Waals surface area contributed by atoms with E-state index >= 15 is 0 Å². The van der Waals surface area contributed by atoms with E-state index in [1.165, 1.54) is 6.07 Å². The van der Waals surface area contributed by atoms with Crippen molar-refractivity contribution >= 4 is 22.9 Å². The standard InChI is InChI=1S/C14H22FN3S/c1-9(2)13(8-18(3)4)17-12-6-5-10(14(16)19)7-11(12)15/h5-7,9,13,17H,8H2,1-4H3,(H2,16,19). The normalized spacial score (nSPS) is 12.8.